The van der Waals surface area contributed by atoms with Crippen LogP contribution in [-0.4, -0.2) is 16.9 Å². The molecule has 0 aliphatic carbocycles. The molecule has 0 aliphatic rings. The van der Waals surface area contributed by atoms with Crippen LogP contribution in [0.5, 0.6) is 5.75 Å². The molecule has 32 heavy (non-hydrogen) atoms. The highest BCUT2D eigenvalue weighted by molar-refractivity contribution is 5.92. The van der Waals surface area contributed by atoms with E-state index < -0.39 is 0 Å². The minimum absolute atomic E-state index is 0.0340. The van der Waals surface area contributed by atoms with Gasteiger partial charge in [-0.2, -0.15) is 0 Å². The first-order chi connectivity index (χ1) is 15.5. The molecule has 2 aromatic carbocycles. The first kappa shape index (κ1) is 22.8. The van der Waals surface area contributed by atoms with Gasteiger partial charge in [-0.25, -0.2) is 4.79 Å². The van der Waals surface area contributed by atoms with Crippen LogP contribution < -0.4 is 20.7 Å². The molecule has 0 unspecified atom stereocenters. The second-order valence-corrected chi connectivity index (χ2v) is 7.80. The predicted octanol–water partition coefficient (Wildman–Crippen LogP) is 4.97. The second kappa shape index (κ2) is 11.5. The third-order valence-corrected chi connectivity index (χ3v) is 4.54. The van der Waals surface area contributed by atoms with Crippen LogP contribution in [0.3, 0.4) is 0 Å². The SMILES string of the molecule is CC(C)CC(=O)Nc1ccccc1OCc1ccc(NC(=O)NCc2cccnc2)cc1. The van der Waals surface area contributed by atoms with Gasteiger partial charge in [0, 0.05) is 31.0 Å². The van der Waals surface area contributed by atoms with Crippen LogP contribution in [0, 0.1) is 5.92 Å². The van der Waals surface area contributed by atoms with Gasteiger partial charge in [-0.15, -0.1) is 0 Å². The first-order valence-electron chi connectivity index (χ1n) is 10.5. The zero-order valence-corrected chi connectivity index (χ0v) is 18.3. The summed E-state index contributed by atoms with van der Waals surface area (Å²) in [6, 6.07) is 18.2. The Hall–Kier alpha value is -3.87. The Kier molecular flexibility index (Phi) is 8.20. The third kappa shape index (κ3) is 7.43. The van der Waals surface area contributed by atoms with Gasteiger partial charge in [-0.1, -0.05) is 44.2 Å². The maximum atomic E-state index is 12.1. The number of benzene rings is 2. The van der Waals surface area contributed by atoms with Crippen molar-refractivity contribution in [1.82, 2.24) is 10.3 Å². The first-order valence-corrected chi connectivity index (χ1v) is 10.5. The summed E-state index contributed by atoms with van der Waals surface area (Å²) in [4.78, 5) is 28.2. The molecule has 7 heteroatoms. The molecule has 1 aromatic heterocycles. The largest absolute Gasteiger partial charge is 0.487 e. The quantitative estimate of drug-likeness (QED) is 0.445. The van der Waals surface area contributed by atoms with E-state index in [-0.39, 0.29) is 17.9 Å². The number of carbonyl (C=O) groups is 2. The highest BCUT2D eigenvalue weighted by atomic mass is 16.5. The summed E-state index contributed by atoms with van der Waals surface area (Å²) in [6.45, 7) is 4.75. The Labute approximate surface area is 188 Å². The lowest BCUT2D eigenvalue weighted by molar-refractivity contribution is -0.116. The fraction of sp³-hybridized carbons (Fsp3) is 0.240. The van der Waals surface area contributed by atoms with E-state index in [2.05, 4.69) is 20.9 Å². The molecule has 0 radical (unpaired) electrons. The topological polar surface area (TPSA) is 92.4 Å². The Balaban J connectivity index is 1.50. The van der Waals surface area contributed by atoms with Gasteiger partial charge in [0.05, 0.1) is 5.69 Å². The molecule has 1 heterocycles. The predicted molar refractivity (Wildman–Crippen MR) is 125 cm³/mol. The third-order valence-electron chi connectivity index (χ3n) is 4.54. The van der Waals surface area contributed by atoms with Crippen molar-refractivity contribution in [2.45, 2.75) is 33.4 Å². The molecule has 3 N–H and O–H groups in total. The standard InChI is InChI=1S/C25H28N4O3/c1-18(2)14-24(30)29-22-7-3-4-8-23(22)32-17-19-9-11-21(12-10-19)28-25(31)27-16-20-6-5-13-26-15-20/h3-13,15,18H,14,16-17H2,1-2H3,(H,29,30)(H2,27,28,31). The number of nitrogens with one attached hydrogen (secondary N) is 3. The number of pyridine rings is 1. The number of rotatable bonds is 9. The molecule has 0 fully saturated rings. The van der Waals surface area contributed by atoms with E-state index in [1.54, 1.807) is 12.4 Å². The number of aromatic nitrogens is 1. The van der Waals surface area contributed by atoms with Crippen LogP contribution in [0.2, 0.25) is 0 Å². The highest BCUT2D eigenvalue weighted by Crippen LogP contribution is 2.25. The van der Waals surface area contributed by atoms with Crippen molar-refractivity contribution in [3.8, 4) is 5.75 Å². The minimum Gasteiger partial charge on any atom is -0.487 e. The lowest BCUT2D eigenvalue weighted by atomic mass is 10.1. The van der Waals surface area contributed by atoms with Crippen molar-refractivity contribution in [3.63, 3.8) is 0 Å². The fourth-order valence-electron chi connectivity index (χ4n) is 2.97. The molecule has 166 valence electrons. The Morgan fingerprint density at radius 3 is 2.44 bits per heavy atom. The molecule has 0 atom stereocenters. The van der Waals surface area contributed by atoms with Gasteiger partial charge in [-0.05, 0) is 47.4 Å². The van der Waals surface area contributed by atoms with Crippen molar-refractivity contribution < 1.29 is 14.3 Å². The summed E-state index contributed by atoms with van der Waals surface area (Å²) in [5.74, 6) is 0.863. The summed E-state index contributed by atoms with van der Waals surface area (Å²) in [7, 11) is 0. The van der Waals surface area contributed by atoms with E-state index in [1.807, 2.05) is 74.5 Å². The molecule has 3 rings (SSSR count). The molecular formula is C25H28N4O3. The number of carbonyl (C=O) groups excluding carboxylic acids is 2. The van der Waals surface area contributed by atoms with E-state index in [9.17, 15) is 9.59 Å². The average Bonchev–Trinajstić information content (AvgIpc) is 2.78. The van der Waals surface area contributed by atoms with Crippen molar-refractivity contribution in [1.29, 1.82) is 0 Å². The van der Waals surface area contributed by atoms with Crippen LogP contribution in [0.4, 0.5) is 16.2 Å². The van der Waals surface area contributed by atoms with E-state index in [0.29, 0.717) is 36.7 Å². The molecule has 0 saturated heterocycles. The Morgan fingerprint density at radius 1 is 0.938 bits per heavy atom. The molecule has 0 spiro atoms. The van der Waals surface area contributed by atoms with Gasteiger partial charge in [-0.3, -0.25) is 9.78 Å². The maximum absolute atomic E-state index is 12.1. The summed E-state index contributed by atoms with van der Waals surface area (Å²) < 4.78 is 5.92. The van der Waals surface area contributed by atoms with Crippen LogP contribution in [0.15, 0.2) is 73.1 Å². The number of nitrogens with zero attached hydrogens (tertiary/aromatic N) is 1. The Bertz CT molecular complexity index is 1020. The molecule has 3 aromatic rings. The lowest BCUT2D eigenvalue weighted by Gasteiger charge is -2.13. The smallest absolute Gasteiger partial charge is 0.319 e. The van der Waals surface area contributed by atoms with E-state index in [4.69, 9.17) is 4.74 Å². The summed E-state index contributed by atoms with van der Waals surface area (Å²) >= 11 is 0. The maximum Gasteiger partial charge on any atom is 0.319 e. The van der Waals surface area contributed by atoms with Crippen molar-refractivity contribution >= 4 is 23.3 Å². The lowest BCUT2D eigenvalue weighted by Crippen LogP contribution is -2.28. The fourth-order valence-corrected chi connectivity index (χ4v) is 2.97. The van der Waals surface area contributed by atoms with E-state index in [1.165, 1.54) is 0 Å². The molecule has 0 bridgehead atoms. The van der Waals surface area contributed by atoms with Gasteiger partial charge in [0.15, 0.2) is 0 Å². The molecular weight excluding hydrogens is 404 g/mol. The molecule has 0 aliphatic heterocycles. The van der Waals surface area contributed by atoms with Crippen molar-refractivity contribution in [2.75, 3.05) is 10.6 Å². The van der Waals surface area contributed by atoms with Gasteiger partial charge >= 0.3 is 6.03 Å². The summed E-state index contributed by atoms with van der Waals surface area (Å²) in [5, 5.41) is 8.50. The van der Waals surface area contributed by atoms with Crippen molar-refractivity contribution in [3.05, 3.63) is 84.2 Å². The number of hydrogen-bond acceptors (Lipinski definition) is 4. The number of amides is 3. The number of urea groups is 1. The van der Waals surface area contributed by atoms with Gasteiger partial charge < -0.3 is 20.7 Å². The van der Waals surface area contributed by atoms with Crippen LogP contribution >= 0.6 is 0 Å². The number of para-hydroxylation sites is 2. The van der Waals surface area contributed by atoms with E-state index in [0.717, 1.165) is 11.1 Å². The number of ether oxygens (including phenoxy) is 1. The monoisotopic (exact) mass is 432 g/mol. The zero-order valence-electron chi connectivity index (χ0n) is 18.3. The van der Waals surface area contributed by atoms with Gasteiger partial charge in [0.2, 0.25) is 5.91 Å². The van der Waals surface area contributed by atoms with Gasteiger partial charge in [0.1, 0.15) is 12.4 Å². The highest BCUT2D eigenvalue weighted by Gasteiger charge is 2.09. The minimum atomic E-state index is -0.288. The number of anilines is 2. The second-order valence-electron chi connectivity index (χ2n) is 7.80. The number of hydrogen-bond donors (Lipinski definition) is 3. The van der Waals surface area contributed by atoms with E-state index >= 15 is 0 Å². The normalized spacial score (nSPS) is 10.5. The molecule has 7 nitrogen and oxygen atoms in total. The zero-order chi connectivity index (χ0) is 22.8. The molecule has 3 amide bonds. The summed E-state index contributed by atoms with van der Waals surface area (Å²) in [6.07, 6.45) is 3.86. The average molecular weight is 433 g/mol. The Morgan fingerprint density at radius 2 is 1.72 bits per heavy atom. The van der Waals surface area contributed by atoms with Crippen molar-refractivity contribution in [2.24, 2.45) is 5.92 Å². The van der Waals surface area contributed by atoms with Crippen LogP contribution in [-0.2, 0) is 17.9 Å². The van der Waals surface area contributed by atoms with Crippen LogP contribution in [0.25, 0.3) is 0 Å². The molecule has 0 saturated carbocycles. The van der Waals surface area contributed by atoms with Crippen LogP contribution in [0.1, 0.15) is 31.4 Å². The summed E-state index contributed by atoms with van der Waals surface area (Å²) in [5.41, 5.74) is 3.20. The van der Waals surface area contributed by atoms with Gasteiger partial charge in [0.25, 0.3) is 0 Å².